The Balaban J connectivity index is 2.16. The van der Waals surface area contributed by atoms with Crippen LogP contribution in [0.4, 0.5) is 0 Å². The molecule has 0 aromatic carbocycles. The average Bonchev–Trinajstić information content (AvgIpc) is 3.17. The number of hydrogen-bond donors (Lipinski definition) is 0. The fraction of sp³-hybridized carbons (Fsp3) is 0.409. The summed E-state index contributed by atoms with van der Waals surface area (Å²) in [6.07, 6.45) is 1.54. The summed E-state index contributed by atoms with van der Waals surface area (Å²) in [6, 6.07) is 5.31. The second kappa shape index (κ2) is 9.28. The Hall–Kier alpha value is -3.27. The molecule has 0 radical (unpaired) electrons. The molecular weight excluding hydrogens is 372 g/mol. The molecule has 0 aliphatic heterocycles. The third-order valence-corrected chi connectivity index (χ3v) is 4.52. The van der Waals surface area contributed by atoms with Crippen LogP contribution in [0.25, 0.3) is 6.08 Å². The van der Waals surface area contributed by atoms with Crippen LogP contribution in [0.2, 0.25) is 0 Å². The molecule has 7 nitrogen and oxygen atoms in total. The van der Waals surface area contributed by atoms with E-state index in [0.717, 1.165) is 23.5 Å². The Morgan fingerprint density at radius 2 is 1.97 bits per heavy atom. The van der Waals surface area contributed by atoms with Gasteiger partial charge in [0.2, 0.25) is 0 Å². The third-order valence-electron chi connectivity index (χ3n) is 4.52. The summed E-state index contributed by atoms with van der Waals surface area (Å²) in [5.74, 6) is -0.142. The van der Waals surface area contributed by atoms with Gasteiger partial charge in [0, 0.05) is 17.9 Å². The molecule has 0 unspecified atom stereocenters. The highest BCUT2D eigenvalue weighted by Crippen LogP contribution is 2.21. The summed E-state index contributed by atoms with van der Waals surface area (Å²) in [4.78, 5) is 24.0. The van der Waals surface area contributed by atoms with E-state index in [1.165, 1.54) is 19.3 Å². The summed E-state index contributed by atoms with van der Waals surface area (Å²) in [6.45, 7) is 10.5. The molecule has 0 N–H and O–H groups in total. The summed E-state index contributed by atoms with van der Waals surface area (Å²) in [5.41, 5.74) is 3.02. The molecule has 2 rings (SSSR count). The number of methoxy groups -OCH3 is 1. The lowest BCUT2D eigenvalue weighted by Crippen LogP contribution is -2.08. The first kappa shape index (κ1) is 22.0. The van der Waals surface area contributed by atoms with E-state index < -0.39 is 11.9 Å². The quantitative estimate of drug-likeness (QED) is 0.396. The highest BCUT2D eigenvalue weighted by Gasteiger charge is 2.18. The first-order valence-corrected chi connectivity index (χ1v) is 9.31. The molecule has 7 heteroatoms. The SMILES string of the molecule is COC(=O)c1cc(COC(=O)/C(C#N)=C/c2cc(C)n(CC(C)C)c2C)oc1C. The van der Waals surface area contributed by atoms with E-state index in [1.807, 2.05) is 26.0 Å². The van der Waals surface area contributed by atoms with Crippen molar-refractivity contribution >= 4 is 18.0 Å². The molecule has 0 saturated carbocycles. The molecule has 2 heterocycles. The predicted octanol–water partition coefficient (Wildman–Crippen LogP) is 4.10. The van der Waals surface area contributed by atoms with Crippen molar-refractivity contribution in [1.82, 2.24) is 4.57 Å². The van der Waals surface area contributed by atoms with Crippen LogP contribution < -0.4 is 0 Å². The second-order valence-corrected chi connectivity index (χ2v) is 7.25. The Morgan fingerprint density at radius 3 is 2.55 bits per heavy atom. The van der Waals surface area contributed by atoms with Crippen molar-refractivity contribution in [2.75, 3.05) is 7.11 Å². The number of aryl methyl sites for hydroxylation is 2. The van der Waals surface area contributed by atoms with Crippen molar-refractivity contribution in [3.05, 3.63) is 51.7 Å². The number of carbonyl (C=O) groups is 2. The van der Waals surface area contributed by atoms with Crippen LogP contribution in [0.3, 0.4) is 0 Å². The van der Waals surface area contributed by atoms with E-state index >= 15 is 0 Å². The van der Waals surface area contributed by atoms with Gasteiger partial charge in [0.1, 0.15) is 35.3 Å². The number of hydrogen-bond acceptors (Lipinski definition) is 6. The van der Waals surface area contributed by atoms with E-state index in [2.05, 4.69) is 23.2 Å². The molecule has 0 amide bonds. The van der Waals surface area contributed by atoms with E-state index in [1.54, 1.807) is 6.92 Å². The lowest BCUT2D eigenvalue weighted by molar-refractivity contribution is -0.140. The fourth-order valence-corrected chi connectivity index (χ4v) is 3.05. The normalized spacial score (nSPS) is 11.4. The molecule has 0 fully saturated rings. The van der Waals surface area contributed by atoms with Crippen molar-refractivity contribution in [2.45, 2.75) is 47.8 Å². The zero-order valence-electron chi connectivity index (χ0n) is 17.7. The van der Waals surface area contributed by atoms with Gasteiger partial charge in [-0.05, 0) is 50.5 Å². The smallest absolute Gasteiger partial charge is 0.349 e. The summed E-state index contributed by atoms with van der Waals surface area (Å²) in [5, 5.41) is 9.41. The van der Waals surface area contributed by atoms with E-state index in [-0.39, 0.29) is 17.7 Å². The molecule has 29 heavy (non-hydrogen) atoms. The molecule has 2 aromatic rings. The van der Waals surface area contributed by atoms with Gasteiger partial charge in [-0.25, -0.2) is 9.59 Å². The summed E-state index contributed by atoms with van der Waals surface area (Å²) >= 11 is 0. The molecule has 0 aliphatic rings. The van der Waals surface area contributed by atoms with Crippen LogP contribution in [0.15, 0.2) is 22.1 Å². The van der Waals surface area contributed by atoms with E-state index in [4.69, 9.17) is 9.15 Å². The number of aromatic nitrogens is 1. The van der Waals surface area contributed by atoms with Crippen molar-refractivity contribution in [3.8, 4) is 6.07 Å². The van der Waals surface area contributed by atoms with Gasteiger partial charge in [0.05, 0.1) is 7.11 Å². The lowest BCUT2D eigenvalue weighted by atomic mass is 10.1. The molecule has 0 bridgehead atoms. The molecular formula is C22H26N2O5. The van der Waals surface area contributed by atoms with E-state index in [0.29, 0.717) is 17.4 Å². The van der Waals surface area contributed by atoms with Gasteiger partial charge in [-0.1, -0.05) is 13.8 Å². The first-order valence-electron chi connectivity index (χ1n) is 9.31. The minimum absolute atomic E-state index is 0.105. The van der Waals surface area contributed by atoms with E-state index in [9.17, 15) is 14.9 Å². The van der Waals surface area contributed by atoms with Gasteiger partial charge in [-0.15, -0.1) is 0 Å². The third kappa shape index (κ3) is 5.17. The highest BCUT2D eigenvalue weighted by atomic mass is 16.5. The number of nitriles is 1. The lowest BCUT2D eigenvalue weighted by Gasteiger charge is -2.12. The molecule has 0 spiro atoms. The number of carbonyl (C=O) groups excluding carboxylic acids is 2. The van der Waals surface area contributed by atoms with Gasteiger partial charge in [0.15, 0.2) is 0 Å². The zero-order chi connectivity index (χ0) is 21.7. The van der Waals surface area contributed by atoms with Crippen molar-refractivity contribution in [3.63, 3.8) is 0 Å². The van der Waals surface area contributed by atoms with Gasteiger partial charge >= 0.3 is 11.9 Å². The van der Waals surface area contributed by atoms with Crippen LogP contribution in [-0.4, -0.2) is 23.6 Å². The monoisotopic (exact) mass is 398 g/mol. The Kier molecular flexibility index (Phi) is 7.05. The maximum Gasteiger partial charge on any atom is 0.349 e. The van der Waals surface area contributed by atoms with Gasteiger partial charge in [-0.2, -0.15) is 5.26 Å². The first-order chi connectivity index (χ1) is 13.7. The second-order valence-electron chi connectivity index (χ2n) is 7.25. The van der Waals surface area contributed by atoms with Crippen LogP contribution in [0, 0.1) is 38.0 Å². The fourth-order valence-electron chi connectivity index (χ4n) is 3.05. The van der Waals surface area contributed by atoms with Crippen LogP contribution >= 0.6 is 0 Å². The van der Waals surface area contributed by atoms with Gasteiger partial charge < -0.3 is 18.5 Å². The predicted molar refractivity (Wildman–Crippen MR) is 107 cm³/mol. The summed E-state index contributed by atoms with van der Waals surface area (Å²) < 4.78 is 17.4. The molecule has 0 saturated heterocycles. The zero-order valence-corrected chi connectivity index (χ0v) is 17.7. The topological polar surface area (TPSA) is 94.5 Å². The Labute approximate surface area is 170 Å². The number of esters is 2. The van der Waals surface area contributed by atoms with Crippen molar-refractivity contribution in [2.24, 2.45) is 5.92 Å². The minimum atomic E-state index is -0.755. The molecule has 2 aromatic heterocycles. The number of ether oxygens (including phenoxy) is 2. The van der Waals surface area contributed by atoms with Crippen molar-refractivity contribution < 1.29 is 23.5 Å². The minimum Gasteiger partial charge on any atom is -0.465 e. The van der Waals surface area contributed by atoms with Gasteiger partial charge in [0.25, 0.3) is 0 Å². The largest absolute Gasteiger partial charge is 0.465 e. The van der Waals surface area contributed by atoms with Crippen LogP contribution in [0.5, 0.6) is 0 Å². The summed E-state index contributed by atoms with van der Waals surface area (Å²) in [7, 11) is 1.27. The van der Waals surface area contributed by atoms with Crippen molar-refractivity contribution in [1.29, 1.82) is 5.26 Å². The van der Waals surface area contributed by atoms with Crippen LogP contribution in [-0.2, 0) is 27.4 Å². The number of furan rings is 1. The van der Waals surface area contributed by atoms with Crippen LogP contribution in [0.1, 0.15) is 52.7 Å². The van der Waals surface area contributed by atoms with Gasteiger partial charge in [-0.3, -0.25) is 0 Å². The average molecular weight is 398 g/mol. The molecule has 0 atom stereocenters. The maximum absolute atomic E-state index is 12.4. The standard InChI is InChI=1S/C22H26N2O5/c1-13(2)11-24-14(3)7-17(15(24)4)8-18(10-23)21(25)28-12-19-9-20(16(5)29-19)22(26)27-6/h7-9,13H,11-12H2,1-6H3/b18-8+. The maximum atomic E-state index is 12.4. The number of rotatable bonds is 7. The Morgan fingerprint density at radius 1 is 1.28 bits per heavy atom. The molecule has 0 aliphatic carbocycles. The molecule has 154 valence electrons. The number of nitrogens with zero attached hydrogens (tertiary/aromatic N) is 2. The Bertz CT molecular complexity index is 986. The highest BCUT2D eigenvalue weighted by molar-refractivity contribution is 5.98.